The van der Waals surface area contributed by atoms with Crippen molar-refractivity contribution in [1.29, 1.82) is 0 Å². The van der Waals surface area contributed by atoms with Gasteiger partial charge < -0.3 is 16.0 Å². The summed E-state index contributed by atoms with van der Waals surface area (Å²) in [6.45, 7) is 9.66. The van der Waals surface area contributed by atoms with E-state index in [4.69, 9.17) is 17.3 Å². The van der Waals surface area contributed by atoms with Crippen LogP contribution in [0.2, 0.25) is 5.02 Å². The molecule has 1 aromatic rings. The van der Waals surface area contributed by atoms with Crippen LogP contribution in [0.3, 0.4) is 0 Å². The van der Waals surface area contributed by atoms with Crippen molar-refractivity contribution in [3.63, 3.8) is 0 Å². The molecule has 1 saturated heterocycles. The highest BCUT2D eigenvalue weighted by atomic mass is 35.5. The number of carbonyl (C=O) groups excluding carboxylic acids is 2. The van der Waals surface area contributed by atoms with Gasteiger partial charge >= 0.3 is 11.8 Å². The van der Waals surface area contributed by atoms with Gasteiger partial charge in [0, 0.05) is 27.8 Å². The Hall–Kier alpha value is -1.59. The number of piperidine rings is 1. The first-order valence-electron chi connectivity index (χ1n) is 8.11. The maximum atomic E-state index is 12.8. The molecule has 3 N–H and O–H groups in total. The lowest BCUT2D eigenvalue weighted by Gasteiger charge is -2.54. The lowest BCUT2D eigenvalue weighted by molar-refractivity contribution is -0.156. The molecular weight excluding hydrogens is 326 g/mol. The number of amides is 2. The van der Waals surface area contributed by atoms with Gasteiger partial charge in [0.1, 0.15) is 0 Å². The van der Waals surface area contributed by atoms with Crippen molar-refractivity contribution < 1.29 is 9.59 Å². The van der Waals surface area contributed by atoms with E-state index in [2.05, 4.69) is 5.32 Å². The zero-order valence-corrected chi connectivity index (χ0v) is 15.7. The first-order chi connectivity index (χ1) is 10.9. The normalized spacial score (nSPS) is 19.9. The number of halogens is 1. The third kappa shape index (κ3) is 3.73. The Balaban J connectivity index is 2.22. The first kappa shape index (κ1) is 18.7. The van der Waals surface area contributed by atoms with Crippen molar-refractivity contribution in [2.75, 3.05) is 5.32 Å². The number of rotatable bonds is 1. The van der Waals surface area contributed by atoms with Crippen LogP contribution in [0.5, 0.6) is 0 Å². The first-order valence-corrected chi connectivity index (χ1v) is 8.49. The standard InChI is InChI=1S/C18H26ClN3O2/c1-11-6-7-13(8-14(11)19)21-15(23)16(24)22-17(2,3)9-12(20)10-18(22,4)5/h6-8,12H,9-10,20H2,1-5H3,(H,21,23). The van der Waals surface area contributed by atoms with E-state index in [1.165, 1.54) is 0 Å². The molecule has 0 spiro atoms. The molecule has 132 valence electrons. The van der Waals surface area contributed by atoms with E-state index in [0.717, 1.165) is 5.56 Å². The molecule has 0 atom stereocenters. The monoisotopic (exact) mass is 351 g/mol. The summed E-state index contributed by atoms with van der Waals surface area (Å²) in [5, 5.41) is 3.19. The topological polar surface area (TPSA) is 75.4 Å². The molecule has 0 aliphatic carbocycles. The van der Waals surface area contributed by atoms with Crippen LogP contribution in [0.15, 0.2) is 18.2 Å². The number of nitrogens with zero attached hydrogens (tertiary/aromatic N) is 1. The summed E-state index contributed by atoms with van der Waals surface area (Å²) in [5.41, 5.74) is 6.57. The molecular formula is C18H26ClN3O2. The number of aryl methyl sites for hydroxylation is 1. The molecule has 0 saturated carbocycles. The van der Waals surface area contributed by atoms with E-state index in [1.54, 1.807) is 23.1 Å². The fraction of sp³-hybridized carbons (Fsp3) is 0.556. The Morgan fingerprint density at radius 3 is 2.25 bits per heavy atom. The molecule has 1 aliphatic heterocycles. The molecule has 6 heteroatoms. The van der Waals surface area contributed by atoms with Gasteiger partial charge in [0.2, 0.25) is 0 Å². The predicted molar refractivity (Wildman–Crippen MR) is 97.0 cm³/mol. The fourth-order valence-electron chi connectivity index (χ4n) is 3.86. The quantitative estimate of drug-likeness (QED) is 0.763. The summed E-state index contributed by atoms with van der Waals surface area (Å²) in [5.74, 6) is -1.21. The third-order valence-electron chi connectivity index (χ3n) is 4.56. The zero-order chi connectivity index (χ0) is 18.3. The maximum Gasteiger partial charge on any atom is 0.313 e. The molecule has 1 heterocycles. The smallest absolute Gasteiger partial charge is 0.313 e. The zero-order valence-electron chi connectivity index (χ0n) is 14.9. The Bertz CT molecular complexity index is 652. The summed E-state index contributed by atoms with van der Waals surface area (Å²) in [6, 6.07) is 5.19. The minimum absolute atomic E-state index is 0.0121. The number of likely N-dealkylation sites (tertiary alicyclic amines) is 1. The molecule has 1 aliphatic rings. The molecule has 2 amide bonds. The molecule has 0 unspecified atom stereocenters. The largest absolute Gasteiger partial charge is 0.328 e. The summed E-state index contributed by atoms with van der Waals surface area (Å²) in [4.78, 5) is 27.0. The predicted octanol–water partition coefficient (Wildman–Crippen LogP) is 3.09. The molecule has 0 aromatic heterocycles. The van der Waals surface area contributed by atoms with Gasteiger partial charge in [-0.15, -0.1) is 0 Å². The van der Waals surface area contributed by atoms with E-state index in [-0.39, 0.29) is 6.04 Å². The second-order valence-corrected chi connectivity index (χ2v) is 8.26. The highest BCUT2D eigenvalue weighted by Crippen LogP contribution is 2.38. The third-order valence-corrected chi connectivity index (χ3v) is 4.97. The van der Waals surface area contributed by atoms with Gasteiger partial charge in [-0.3, -0.25) is 9.59 Å². The average molecular weight is 352 g/mol. The van der Waals surface area contributed by atoms with Gasteiger partial charge in [-0.05, 0) is 65.2 Å². The Labute approximate surface area is 148 Å². The molecule has 0 radical (unpaired) electrons. The Morgan fingerprint density at radius 2 is 1.75 bits per heavy atom. The molecule has 1 aromatic carbocycles. The maximum absolute atomic E-state index is 12.8. The number of anilines is 1. The molecule has 1 fully saturated rings. The lowest BCUT2D eigenvalue weighted by Crippen LogP contribution is -2.66. The minimum Gasteiger partial charge on any atom is -0.328 e. The van der Waals surface area contributed by atoms with E-state index in [0.29, 0.717) is 23.6 Å². The molecule has 2 rings (SSSR count). The summed E-state index contributed by atoms with van der Waals surface area (Å²) in [6.07, 6.45) is 1.32. The number of nitrogens with one attached hydrogen (secondary N) is 1. The molecule has 0 bridgehead atoms. The van der Waals surface area contributed by atoms with Crippen LogP contribution in [0.25, 0.3) is 0 Å². The lowest BCUT2D eigenvalue weighted by atomic mass is 9.77. The Morgan fingerprint density at radius 1 is 1.21 bits per heavy atom. The van der Waals surface area contributed by atoms with E-state index in [9.17, 15) is 9.59 Å². The average Bonchev–Trinajstić information content (AvgIpc) is 2.39. The van der Waals surface area contributed by atoms with Crippen LogP contribution in [0.1, 0.15) is 46.1 Å². The number of nitrogens with two attached hydrogens (primary N) is 1. The van der Waals surface area contributed by atoms with Crippen LogP contribution < -0.4 is 11.1 Å². The van der Waals surface area contributed by atoms with Gasteiger partial charge in [0.15, 0.2) is 0 Å². The van der Waals surface area contributed by atoms with Crippen LogP contribution in [0.4, 0.5) is 5.69 Å². The minimum atomic E-state index is -0.661. The van der Waals surface area contributed by atoms with Crippen LogP contribution >= 0.6 is 11.6 Å². The highest BCUT2D eigenvalue weighted by Gasteiger charge is 2.48. The summed E-state index contributed by atoms with van der Waals surface area (Å²) in [7, 11) is 0. The van der Waals surface area contributed by atoms with Crippen LogP contribution in [-0.4, -0.2) is 33.8 Å². The van der Waals surface area contributed by atoms with E-state index < -0.39 is 22.9 Å². The van der Waals surface area contributed by atoms with Gasteiger partial charge in [-0.25, -0.2) is 0 Å². The molecule has 24 heavy (non-hydrogen) atoms. The van der Waals surface area contributed by atoms with Crippen molar-refractivity contribution in [3.8, 4) is 0 Å². The van der Waals surface area contributed by atoms with Gasteiger partial charge in [-0.1, -0.05) is 17.7 Å². The number of hydrogen-bond donors (Lipinski definition) is 2. The SMILES string of the molecule is Cc1ccc(NC(=O)C(=O)N2C(C)(C)CC(N)CC2(C)C)cc1Cl. The summed E-state index contributed by atoms with van der Waals surface area (Å²) >= 11 is 6.07. The second kappa shape index (κ2) is 6.37. The van der Waals surface area contributed by atoms with Crippen molar-refractivity contribution in [2.24, 2.45) is 5.73 Å². The van der Waals surface area contributed by atoms with Gasteiger partial charge in [0.25, 0.3) is 0 Å². The van der Waals surface area contributed by atoms with Crippen LogP contribution in [0, 0.1) is 6.92 Å². The van der Waals surface area contributed by atoms with Crippen molar-refractivity contribution in [2.45, 2.75) is 64.6 Å². The number of carbonyl (C=O) groups is 2. The van der Waals surface area contributed by atoms with Crippen molar-refractivity contribution in [1.82, 2.24) is 4.90 Å². The van der Waals surface area contributed by atoms with Crippen molar-refractivity contribution in [3.05, 3.63) is 28.8 Å². The van der Waals surface area contributed by atoms with Crippen molar-refractivity contribution >= 4 is 29.1 Å². The molecule has 5 nitrogen and oxygen atoms in total. The summed E-state index contributed by atoms with van der Waals surface area (Å²) < 4.78 is 0. The number of hydrogen-bond acceptors (Lipinski definition) is 3. The van der Waals surface area contributed by atoms with Crippen LogP contribution in [-0.2, 0) is 9.59 Å². The Kier molecular flexibility index (Phi) is 4.98. The van der Waals surface area contributed by atoms with Gasteiger partial charge in [0.05, 0.1) is 0 Å². The number of benzene rings is 1. The fourth-order valence-corrected chi connectivity index (χ4v) is 4.04. The highest BCUT2D eigenvalue weighted by molar-refractivity contribution is 6.40. The van der Waals surface area contributed by atoms with Gasteiger partial charge in [-0.2, -0.15) is 0 Å². The van der Waals surface area contributed by atoms with E-state index >= 15 is 0 Å². The van der Waals surface area contributed by atoms with E-state index in [1.807, 2.05) is 34.6 Å². The second-order valence-electron chi connectivity index (χ2n) is 7.85.